The Balaban J connectivity index is -0.000000138. The van der Waals surface area contributed by atoms with E-state index in [-0.39, 0.29) is 98.7 Å². The average molecular weight is 930 g/mol. The van der Waals surface area contributed by atoms with E-state index in [1.54, 1.807) is 6.92 Å². The van der Waals surface area contributed by atoms with Crippen LogP contribution in [0.15, 0.2) is 121 Å². The summed E-state index contributed by atoms with van der Waals surface area (Å²) in [4.78, 5) is 10.9. The SMILES string of the molecule is C.CC(=O)OC(c1ccccc1)C(C)N.CC(N)C(Cl)c1ccccc1.CC(N)C(O)c1ccccc1.CC(N)Cc1ccccc1.Cl.Cl.Cl.Cl.O=S(Cl)Cl. The molecule has 4 aromatic carbocycles. The highest BCUT2D eigenvalue weighted by Gasteiger charge is 2.18. The average Bonchev–Trinajstić information content (AvgIpc) is 3.08. The van der Waals surface area contributed by atoms with E-state index < -0.39 is 15.3 Å². The third kappa shape index (κ3) is 34.1. The number of ether oxygens (including phenoxy) is 1. The number of rotatable bonds is 9. The number of aliphatic hydroxyl groups is 1. The summed E-state index contributed by atoms with van der Waals surface area (Å²) >= 11 is 6.02. The first-order chi connectivity index (χ1) is 23.6. The maximum atomic E-state index is 10.9. The summed E-state index contributed by atoms with van der Waals surface area (Å²) < 4.78 is 14.2. The van der Waals surface area contributed by atoms with Gasteiger partial charge in [-0.3, -0.25) is 4.79 Å². The number of hydrogen-bond donors (Lipinski definition) is 5. The molecular formula is C39H61Cl7N4O4S. The molecule has 16 heteroatoms. The lowest BCUT2D eigenvalue weighted by atomic mass is 10.0. The highest BCUT2D eigenvalue weighted by molar-refractivity contribution is 8.26. The molecule has 9 N–H and O–H groups in total. The summed E-state index contributed by atoms with van der Waals surface area (Å²) in [7, 11) is 7.36. The maximum absolute atomic E-state index is 10.9. The molecule has 316 valence electrons. The summed E-state index contributed by atoms with van der Waals surface area (Å²) in [6.07, 6.45) is 0.0748. The molecule has 8 nitrogen and oxygen atoms in total. The fourth-order valence-electron chi connectivity index (χ4n) is 4.18. The van der Waals surface area contributed by atoms with Gasteiger partial charge >= 0.3 is 5.97 Å². The lowest BCUT2D eigenvalue weighted by Gasteiger charge is -2.20. The van der Waals surface area contributed by atoms with Gasteiger partial charge in [0.05, 0.1) is 11.5 Å². The fraction of sp³-hybridized carbons (Fsp3) is 0.359. The van der Waals surface area contributed by atoms with E-state index in [9.17, 15) is 9.90 Å². The largest absolute Gasteiger partial charge is 0.456 e. The molecule has 7 unspecified atom stereocenters. The van der Waals surface area contributed by atoms with Gasteiger partial charge in [0.1, 0.15) is 6.10 Å². The second-order valence-electron chi connectivity index (χ2n) is 11.5. The van der Waals surface area contributed by atoms with Crippen molar-refractivity contribution in [2.24, 2.45) is 22.9 Å². The van der Waals surface area contributed by atoms with E-state index in [2.05, 4.69) is 33.5 Å². The van der Waals surface area contributed by atoms with Crippen LogP contribution in [-0.2, 0) is 25.2 Å². The Kier molecular flexibility index (Phi) is 46.4. The first-order valence-corrected chi connectivity index (χ1v) is 19.2. The molecule has 0 aromatic heterocycles. The van der Waals surface area contributed by atoms with Crippen molar-refractivity contribution in [1.29, 1.82) is 0 Å². The van der Waals surface area contributed by atoms with Crippen LogP contribution < -0.4 is 22.9 Å². The number of halogens is 7. The molecule has 4 rings (SSSR count). The van der Waals surface area contributed by atoms with Gasteiger partial charge in [-0.15, -0.1) is 61.2 Å². The molecule has 0 fully saturated rings. The number of benzene rings is 4. The number of hydrogen-bond acceptors (Lipinski definition) is 8. The maximum Gasteiger partial charge on any atom is 0.303 e. The molecule has 0 bridgehead atoms. The van der Waals surface area contributed by atoms with Crippen molar-refractivity contribution in [1.82, 2.24) is 0 Å². The molecule has 0 amide bonds. The van der Waals surface area contributed by atoms with E-state index in [4.69, 9.17) is 43.5 Å². The van der Waals surface area contributed by atoms with Gasteiger partial charge < -0.3 is 32.8 Å². The first-order valence-electron chi connectivity index (χ1n) is 16.0. The van der Waals surface area contributed by atoms with Crippen LogP contribution in [0.2, 0.25) is 0 Å². The highest BCUT2D eigenvalue weighted by atomic mass is 36.0. The van der Waals surface area contributed by atoms with E-state index in [1.165, 1.54) is 12.5 Å². The Morgan fingerprint density at radius 3 is 1.25 bits per heavy atom. The smallest absolute Gasteiger partial charge is 0.303 e. The third-order valence-corrected chi connectivity index (χ3v) is 7.17. The van der Waals surface area contributed by atoms with Crippen LogP contribution in [0, 0.1) is 0 Å². The Bertz CT molecular complexity index is 1380. The number of carbonyl (C=O) groups excluding carboxylic acids is 1. The molecule has 4 aromatic rings. The van der Waals surface area contributed by atoms with Gasteiger partial charge in [0.25, 0.3) is 0 Å². The van der Waals surface area contributed by atoms with Crippen LogP contribution in [0.5, 0.6) is 0 Å². The minimum absolute atomic E-state index is 0. The quantitative estimate of drug-likeness (QED) is 0.0628. The van der Waals surface area contributed by atoms with Gasteiger partial charge in [-0.1, -0.05) is 129 Å². The van der Waals surface area contributed by atoms with Gasteiger partial charge in [-0.05, 0) is 56.4 Å². The predicted molar refractivity (Wildman–Crippen MR) is 248 cm³/mol. The number of esters is 1. The number of carbonyl (C=O) groups is 1. The lowest BCUT2D eigenvalue weighted by Crippen LogP contribution is -2.28. The summed E-state index contributed by atoms with van der Waals surface area (Å²) in [5.74, 6) is -0.309. The van der Waals surface area contributed by atoms with E-state index >= 15 is 0 Å². The molecule has 0 heterocycles. The van der Waals surface area contributed by atoms with Crippen molar-refractivity contribution in [3.05, 3.63) is 144 Å². The monoisotopic (exact) mass is 926 g/mol. The number of alkyl halides is 1. The second-order valence-corrected chi connectivity index (χ2v) is 14.5. The van der Waals surface area contributed by atoms with Crippen molar-refractivity contribution in [3.63, 3.8) is 0 Å². The molecule has 0 spiro atoms. The number of nitrogens with two attached hydrogens (primary N) is 4. The van der Waals surface area contributed by atoms with E-state index in [1.807, 2.05) is 130 Å². The summed E-state index contributed by atoms with van der Waals surface area (Å²) in [5, 5.41) is 9.40. The predicted octanol–water partition coefficient (Wildman–Crippen LogP) is 9.96. The van der Waals surface area contributed by atoms with Gasteiger partial charge in [0.15, 0.2) is 0 Å². The molecular weight excluding hydrogens is 869 g/mol. The molecule has 0 saturated carbocycles. The van der Waals surface area contributed by atoms with Gasteiger partial charge in [0.2, 0.25) is 9.23 Å². The van der Waals surface area contributed by atoms with Gasteiger partial charge in [0, 0.05) is 52.5 Å². The van der Waals surface area contributed by atoms with Gasteiger partial charge in [-0.25, -0.2) is 4.21 Å². The Hall–Kier alpha value is -1.67. The zero-order valence-electron chi connectivity index (χ0n) is 31.0. The Morgan fingerprint density at radius 2 is 0.964 bits per heavy atom. The van der Waals surface area contributed by atoms with Crippen molar-refractivity contribution in [2.75, 3.05) is 0 Å². The Morgan fingerprint density at radius 1 is 0.636 bits per heavy atom. The van der Waals surface area contributed by atoms with E-state index in [0.717, 1.165) is 23.1 Å². The van der Waals surface area contributed by atoms with Crippen molar-refractivity contribution >= 4 is 97.8 Å². The zero-order chi connectivity index (χ0) is 38.1. The van der Waals surface area contributed by atoms with Gasteiger partial charge in [-0.2, -0.15) is 0 Å². The summed E-state index contributed by atoms with van der Waals surface area (Å²) in [5.41, 5.74) is 26.7. The van der Waals surface area contributed by atoms with Crippen molar-refractivity contribution < 1.29 is 18.8 Å². The normalized spacial score (nSPS) is 13.1. The zero-order valence-corrected chi connectivity index (χ0v) is 37.3. The molecule has 0 aliphatic carbocycles. The molecule has 55 heavy (non-hydrogen) atoms. The topological polar surface area (TPSA) is 168 Å². The summed E-state index contributed by atoms with van der Waals surface area (Å²) in [6.45, 7) is 8.92. The molecule has 0 radical (unpaired) electrons. The van der Waals surface area contributed by atoms with Crippen LogP contribution in [-0.4, -0.2) is 39.5 Å². The highest BCUT2D eigenvalue weighted by Crippen LogP contribution is 2.22. The molecule has 7 atom stereocenters. The van der Waals surface area contributed by atoms with Crippen LogP contribution in [0.25, 0.3) is 0 Å². The molecule has 0 aliphatic rings. The lowest BCUT2D eigenvalue weighted by molar-refractivity contribution is -0.147. The molecule has 0 aliphatic heterocycles. The third-order valence-electron chi connectivity index (χ3n) is 6.52. The standard InChI is InChI=1S/C11H15NO2.C9H12ClN.C9H13NO.C9H13N.CH4.Cl2OS.4ClH/c1-8(12)11(14-9(2)13)10-6-4-3-5-7-10;1-7(11)9(10)8-5-3-2-4-6-8;1-7(10)9(11)8-5-3-2-4-6-8;1-8(10)7-9-5-3-2-4-6-9;;1-4(2)3;;;;/h3-8,11H,12H2,1-2H3;2-7,9H,11H2,1H3;2-7,9,11H,10H2,1H3;2-6,8H,7,10H2,1H3;1H4;;4*1H. The first kappa shape index (κ1) is 65.2. The van der Waals surface area contributed by atoms with Crippen molar-refractivity contribution in [2.45, 2.75) is 90.2 Å². The molecule has 0 saturated heterocycles. The van der Waals surface area contributed by atoms with Crippen molar-refractivity contribution in [3.8, 4) is 0 Å². The summed E-state index contributed by atoms with van der Waals surface area (Å²) in [6, 6.07) is 39.0. The van der Waals surface area contributed by atoms with Crippen LogP contribution in [0.4, 0.5) is 0 Å². The van der Waals surface area contributed by atoms with Crippen LogP contribution >= 0.6 is 82.6 Å². The van der Waals surface area contributed by atoms with Crippen LogP contribution in [0.1, 0.15) is 81.9 Å². The minimum Gasteiger partial charge on any atom is -0.456 e. The Labute approximate surface area is 370 Å². The van der Waals surface area contributed by atoms with Crippen LogP contribution in [0.3, 0.4) is 0 Å². The number of aliphatic hydroxyl groups excluding tert-OH is 1. The second kappa shape index (κ2) is 39.2. The minimum atomic E-state index is -1.67. The fourth-order valence-corrected chi connectivity index (χ4v) is 4.33. The van der Waals surface area contributed by atoms with E-state index in [0.29, 0.717) is 0 Å².